The highest BCUT2D eigenvalue weighted by Gasteiger charge is 2.24. The largest absolute Gasteiger partial charge is 0.466 e. The Hall–Kier alpha value is -1.15. The molecule has 0 atom stereocenters. The number of ether oxygens (including phenoxy) is 1. The lowest BCUT2D eigenvalue weighted by Gasteiger charge is -2.32. The second-order valence-corrected chi connectivity index (χ2v) is 6.63. The third-order valence-electron chi connectivity index (χ3n) is 3.08. The van der Waals surface area contributed by atoms with E-state index >= 15 is 0 Å². The molecule has 0 aromatic rings. The van der Waals surface area contributed by atoms with Gasteiger partial charge in [0.25, 0.3) is 0 Å². The van der Waals surface area contributed by atoms with E-state index in [1.54, 1.807) is 11.8 Å². The number of esters is 1. The topological polar surface area (TPSA) is 92.8 Å². The molecule has 1 heterocycles. The van der Waals surface area contributed by atoms with Crippen molar-refractivity contribution in [3.8, 4) is 0 Å². The van der Waals surface area contributed by atoms with E-state index in [0.29, 0.717) is 32.5 Å². The predicted octanol–water partition coefficient (Wildman–Crippen LogP) is -0.130. The Kier molecular flexibility index (Phi) is 6.41. The fraction of sp³-hybridized carbons (Fsp3) is 0.833. The maximum absolute atomic E-state index is 11.9. The van der Waals surface area contributed by atoms with Gasteiger partial charge in [0, 0.05) is 25.6 Å². The lowest BCUT2D eigenvalue weighted by atomic mass is 10.1. The average molecular weight is 306 g/mol. The van der Waals surface area contributed by atoms with Crippen LogP contribution >= 0.6 is 0 Å². The summed E-state index contributed by atoms with van der Waals surface area (Å²) in [5.41, 5.74) is 0. The fourth-order valence-corrected chi connectivity index (χ4v) is 2.99. The van der Waals surface area contributed by atoms with Crippen molar-refractivity contribution in [2.75, 3.05) is 26.0 Å². The number of nitrogens with one attached hydrogen (secondary N) is 1. The summed E-state index contributed by atoms with van der Waals surface area (Å²) < 4.78 is 29.5. The molecule has 0 unspecified atom stereocenters. The molecule has 8 heteroatoms. The van der Waals surface area contributed by atoms with Crippen LogP contribution in [0.15, 0.2) is 0 Å². The maximum atomic E-state index is 11.9. The van der Waals surface area contributed by atoms with Crippen LogP contribution in [0.4, 0.5) is 0 Å². The highest BCUT2D eigenvalue weighted by atomic mass is 32.2. The summed E-state index contributed by atoms with van der Waals surface area (Å²) >= 11 is 0. The molecule has 1 fully saturated rings. The van der Waals surface area contributed by atoms with Gasteiger partial charge in [-0.3, -0.25) is 9.59 Å². The van der Waals surface area contributed by atoms with E-state index in [1.165, 1.54) is 0 Å². The third-order valence-corrected chi connectivity index (χ3v) is 3.84. The van der Waals surface area contributed by atoms with Crippen molar-refractivity contribution >= 4 is 21.9 Å². The van der Waals surface area contributed by atoms with Gasteiger partial charge in [0.05, 0.1) is 19.3 Å². The van der Waals surface area contributed by atoms with E-state index in [4.69, 9.17) is 4.74 Å². The number of sulfonamides is 1. The minimum Gasteiger partial charge on any atom is -0.466 e. The average Bonchev–Trinajstić information content (AvgIpc) is 2.35. The maximum Gasteiger partial charge on any atom is 0.306 e. The van der Waals surface area contributed by atoms with Crippen molar-refractivity contribution in [2.45, 2.75) is 38.6 Å². The van der Waals surface area contributed by atoms with Crippen LogP contribution in [0.1, 0.15) is 32.6 Å². The molecule has 1 N–H and O–H groups in total. The summed E-state index contributed by atoms with van der Waals surface area (Å²) in [5, 5.41) is 0. The molecular formula is C12H22N2O5S. The molecule has 0 aliphatic carbocycles. The molecule has 1 amide bonds. The molecule has 0 saturated carbocycles. The van der Waals surface area contributed by atoms with Crippen molar-refractivity contribution in [1.82, 2.24) is 9.62 Å². The van der Waals surface area contributed by atoms with Gasteiger partial charge in [-0.1, -0.05) is 0 Å². The van der Waals surface area contributed by atoms with E-state index in [2.05, 4.69) is 4.72 Å². The number of hydrogen-bond donors (Lipinski definition) is 1. The van der Waals surface area contributed by atoms with Gasteiger partial charge in [0.2, 0.25) is 15.9 Å². The molecule has 1 rings (SSSR count). The molecule has 7 nitrogen and oxygen atoms in total. The van der Waals surface area contributed by atoms with Crippen LogP contribution in [0, 0.1) is 0 Å². The first-order valence-electron chi connectivity index (χ1n) is 6.72. The standard InChI is InChI=1S/C12H22N2O5S/c1-3-19-12(16)5-4-11(15)14-8-6-10(7-9-14)13-20(2,17)18/h10,13H,3-9H2,1-2H3. The SMILES string of the molecule is CCOC(=O)CCC(=O)N1CCC(NS(C)(=O)=O)CC1. The van der Waals surface area contributed by atoms with Crippen molar-refractivity contribution in [3.05, 3.63) is 0 Å². The molecular weight excluding hydrogens is 284 g/mol. The zero-order chi connectivity index (χ0) is 15.2. The van der Waals surface area contributed by atoms with E-state index < -0.39 is 10.0 Å². The molecule has 116 valence electrons. The van der Waals surface area contributed by atoms with Crippen LogP contribution in [-0.2, 0) is 24.3 Å². The quantitative estimate of drug-likeness (QED) is 0.690. The molecule has 0 spiro atoms. The Morgan fingerprint density at radius 1 is 1.25 bits per heavy atom. The fourth-order valence-electron chi connectivity index (χ4n) is 2.15. The smallest absolute Gasteiger partial charge is 0.306 e. The minimum absolute atomic E-state index is 0.0872. The highest BCUT2D eigenvalue weighted by Crippen LogP contribution is 2.13. The van der Waals surface area contributed by atoms with Gasteiger partial charge in [0.15, 0.2) is 0 Å². The van der Waals surface area contributed by atoms with Crippen LogP contribution in [0.2, 0.25) is 0 Å². The summed E-state index contributed by atoms with van der Waals surface area (Å²) in [7, 11) is -3.20. The molecule has 1 aliphatic rings. The van der Waals surface area contributed by atoms with Gasteiger partial charge >= 0.3 is 5.97 Å². The first-order chi connectivity index (χ1) is 9.31. The minimum atomic E-state index is -3.20. The van der Waals surface area contributed by atoms with Gasteiger partial charge in [-0.15, -0.1) is 0 Å². The number of amides is 1. The number of nitrogens with zero attached hydrogens (tertiary/aromatic N) is 1. The predicted molar refractivity (Wildman–Crippen MR) is 73.4 cm³/mol. The summed E-state index contributed by atoms with van der Waals surface area (Å²) in [4.78, 5) is 24.7. The number of rotatable bonds is 6. The number of hydrogen-bond acceptors (Lipinski definition) is 5. The third kappa shape index (κ3) is 6.33. The molecule has 1 saturated heterocycles. The second kappa shape index (κ2) is 7.58. The monoisotopic (exact) mass is 306 g/mol. The lowest BCUT2D eigenvalue weighted by Crippen LogP contribution is -2.46. The normalized spacial score (nSPS) is 17.0. The first kappa shape index (κ1) is 16.9. The molecule has 0 bridgehead atoms. The van der Waals surface area contributed by atoms with Crippen LogP contribution < -0.4 is 4.72 Å². The molecule has 0 aromatic heterocycles. The van der Waals surface area contributed by atoms with Crippen molar-refractivity contribution < 1.29 is 22.7 Å². The second-order valence-electron chi connectivity index (χ2n) is 4.85. The molecule has 20 heavy (non-hydrogen) atoms. The molecule has 0 radical (unpaired) electrons. The van der Waals surface area contributed by atoms with E-state index in [9.17, 15) is 18.0 Å². The van der Waals surface area contributed by atoms with Gasteiger partial charge in [-0.25, -0.2) is 13.1 Å². The Balaban J connectivity index is 2.30. The van der Waals surface area contributed by atoms with Crippen LogP contribution in [-0.4, -0.2) is 57.2 Å². The summed E-state index contributed by atoms with van der Waals surface area (Å²) in [6.45, 7) is 3.05. The number of carbonyl (C=O) groups is 2. The summed E-state index contributed by atoms with van der Waals surface area (Å²) in [6, 6.07) is -0.112. The van der Waals surface area contributed by atoms with Gasteiger partial charge in [-0.05, 0) is 19.8 Å². The Labute approximate surface area is 119 Å². The Bertz CT molecular complexity index is 441. The van der Waals surface area contributed by atoms with Crippen LogP contribution in [0.5, 0.6) is 0 Å². The van der Waals surface area contributed by atoms with Crippen molar-refractivity contribution in [1.29, 1.82) is 0 Å². The van der Waals surface area contributed by atoms with E-state index in [1.807, 2.05) is 0 Å². The number of likely N-dealkylation sites (tertiary alicyclic amines) is 1. The van der Waals surface area contributed by atoms with Crippen molar-refractivity contribution in [3.63, 3.8) is 0 Å². The Morgan fingerprint density at radius 2 is 1.85 bits per heavy atom. The van der Waals surface area contributed by atoms with Crippen molar-refractivity contribution in [2.24, 2.45) is 0 Å². The summed E-state index contributed by atoms with van der Waals surface area (Å²) in [5.74, 6) is -0.453. The highest BCUT2D eigenvalue weighted by molar-refractivity contribution is 7.88. The number of piperidine rings is 1. The van der Waals surface area contributed by atoms with Crippen LogP contribution in [0.25, 0.3) is 0 Å². The van der Waals surface area contributed by atoms with Gasteiger partial charge in [-0.2, -0.15) is 0 Å². The van der Waals surface area contributed by atoms with Gasteiger partial charge < -0.3 is 9.64 Å². The van der Waals surface area contributed by atoms with Crippen LogP contribution in [0.3, 0.4) is 0 Å². The van der Waals surface area contributed by atoms with E-state index in [-0.39, 0.29) is 30.8 Å². The lowest BCUT2D eigenvalue weighted by molar-refractivity contribution is -0.145. The van der Waals surface area contributed by atoms with E-state index in [0.717, 1.165) is 6.26 Å². The molecule has 1 aliphatic heterocycles. The van der Waals surface area contributed by atoms with Gasteiger partial charge in [0.1, 0.15) is 0 Å². The zero-order valence-electron chi connectivity index (χ0n) is 11.9. The number of carbonyl (C=O) groups excluding carboxylic acids is 2. The summed E-state index contributed by atoms with van der Waals surface area (Å²) in [6.07, 6.45) is 2.55. The zero-order valence-corrected chi connectivity index (χ0v) is 12.7. The Morgan fingerprint density at radius 3 is 2.35 bits per heavy atom. The molecule has 0 aromatic carbocycles. The first-order valence-corrected chi connectivity index (χ1v) is 8.61.